The molecule has 15 heavy (non-hydrogen) atoms. The Morgan fingerprint density at radius 2 is 1.73 bits per heavy atom. The average Bonchev–Trinajstić information content (AvgIpc) is 2.16. The molecule has 0 N–H and O–H groups in total. The zero-order valence-corrected chi connectivity index (χ0v) is 9.39. The van der Waals surface area contributed by atoms with Crippen LogP contribution in [0.15, 0.2) is 5.18 Å². The maximum atomic E-state index is 11.1. The van der Waals surface area contributed by atoms with Crippen LogP contribution in [-0.4, -0.2) is 55.3 Å². The second-order valence-electron chi connectivity index (χ2n) is 3.54. The minimum absolute atomic E-state index is 0.00346. The van der Waals surface area contributed by atoms with Gasteiger partial charge in [-0.05, 0) is 14.1 Å². The maximum Gasteiger partial charge on any atom is 0.288 e. The summed E-state index contributed by atoms with van der Waals surface area (Å²) in [6, 6.07) is 0. The Kier molecular flexibility index (Phi) is 6.44. The first-order valence-electron chi connectivity index (χ1n) is 4.73. The lowest BCUT2D eigenvalue weighted by molar-refractivity contribution is -0.129. The lowest BCUT2D eigenvalue weighted by Crippen LogP contribution is -2.36. The lowest BCUT2D eigenvalue weighted by atomic mass is 10.3. The second-order valence-corrected chi connectivity index (χ2v) is 3.54. The van der Waals surface area contributed by atoms with Gasteiger partial charge in [0, 0.05) is 38.2 Å². The molecule has 0 saturated carbocycles. The fourth-order valence-corrected chi connectivity index (χ4v) is 1.02. The van der Waals surface area contributed by atoms with Crippen molar-refractivity contribution in [3.63, 3.8) is 0 Å². The molecule has 0 spiro atoms. The van der Waals surface area contributed by atoms with Gasteiger partial charge in [0.25, 0.3) is 5.91 Å². The summed E-state index contributed by atoms with van der Waals surface area (Å²) in [5.74, 6) is -0.818. The van der Waals surface area contributed by atoms with Gasteiger partial charge in [0.15, 0.2) is 0 Å². The van der Waals surface area contributed by atoms with Gasteiger partial charge in [-0.1, -0.05) is 0 Å². The third-order valence-electron chi connectivity index (χ3n) is 1.96. The van der Waals surface area contributed by atoms with Crippen molar-refractivity contribution in [1.29, 1.82) is 0 Å². The van der Waals surface area contributed by atoms with Crippen molar-refractivity contribution in [3.05, 3.63) is 4.91 Å². The van der Waals surface area contributed by atoms with Crippen LogP contribution < -0.4 is 0 Å². The molecular weight excluding hydrogens is 198 g/mol. The number of carbonyl (C=O) groups is 2. The summed E-state index contributed by atoms with van der Waals surface area (Å²) in [5.41, 5.74) is 0. The van der Waals surface area contributed by atoms with Crippen molar-refractivity contribution in [2.24, 2.45) is 5.18 Å². The molecule has 0 aromatic rings. The molecule has 2 amide bonds. The molecule has 0 atom stereocenters. The third-order valence-corrected chi connectivity index (χ3v) is 1.96. The van der Waals surface area contributed by atoms with Crippen molar-refractivity contribution in [2.45, 2.75) is 13.3 Å². The van der Waals surface area contributed by atoms with Crippen LogP contribution in [0.4, 0.5) is 0 Å². The zero-order chi connectivity index (χ0) is 11.8. The Morgan fingerprint density at radius 1 is 1.13 bits per heavy atom. The maximum absolute atomic E-state index is 11.1. The predicted molar refractivity (Wildman–Crippen MR) is 56.2 cm³/mol. The monoisotopic (exact) mass is 215 g/mol. The third kappa shape index (κ3) is 6.73. The molecule has 6 heteroatoms. The Balaban J connectivity index is 3.99. The Hall–Kier alpha value is -1.30. The molecule has 0 unspecified atom stereocenters. The van der Waals surface area contributed by atoms with Crippen LogP contribution >= 0.6 is 0 Å². The Bertz CT molecular complexity index is 241. The smallest absolute Gasteiger partial charge is 0.288 e. The van der Waals surface area contributed by atoms with Gasteiger partial charge < -0.3 is 9.80 Å². The quantitative estimate of drug-likeness (QED) is 0.588. The number of rotatable bonds is 6. The topological polar surface area (TPSA) is 70.0 Å². The summed E-state index contributed by atoms with van der Waals surface area (Å²) in [6.45, 7) is 2.97. The fraction of sp³-hybridized carbons (Fsp3) is 0.778. The zero-order valence-electron chi connectivity index (χ0n) is 9.39. The second kappa shape index (κ2) is 7.05. The molecule has 0 rings (SSSR count). The van der Waals surface area contributed by atoms with Crippen LogP contribution in [0.3, 0.4) is 0 Å². The van der Waals surface area contributed by atoms with E-state index in [1.807, 2.05) is 19.0 Å². The van der Waals surface area contributed by atoms with E-state index in [-0.39, 0.29) is 18.9 Å². The van der Waals surface area contributed by atoms with Crippen LogP contribution in [0.1, 0.15) is 13.3 Å². The fourth-order valence-electron chi connectivity index (χ4n) is 1.02. The normalized spacial score (nSPS) is 10.1. The van der Waals surface area contributed by atoms with Crippen LogP contribution in [-0.2, 0) is 9.59 Å². The summed E-state index contributed by atoms with van der Waals surface area (Å²) in [7, 11) is 3.80. The van der Waals surface area contributed by atoms with E-state index in [0.717, 1.165) is 6.54 Å². The van der Waals surface area contributed by atoms with Gasteiger partial charge in [-0.3, -0.25) is 9.59 Å². The van der Waals surface area contributed by atoms with Crippen LogP contribution in [0.25, 0.3) is 0 Å². The highest BCUT2D eigenvalue weighted by Gasteiger charge is 2.11. The number of hydrogen-bond donors (Lipinski definition) is 0. The highest BCUT2D eigenvalue weighted by molar-refractivity contribution is 5.78. The van der Waals surface area contributed by atoms with Gasteiger partial charge >= 0.3 is 0 Å². The molecule has 0 bridgehead atoms. The van der Waals surface area contributed by atoms with E-state index in [1.165, 1.54) is 11.8 Å². The summed E-state index contributed by atoms with van der Waals surface area (Å²) in [5, 5.41) is 2.28. The molecule has 0 aliphatic rings. The van der Waals surface area contributed by atoms with Crippen LogP contribution in [0, 0.1) is 4.91 Å². The highest BCUT2D eigenvalue weighted by Crippen LogP contribution is 1.95. The standard InChI is InChI=1S/C9H17N3O3/c1-8(13)12(7-6-11(2)3)5-4-9(14)10-15/h4-7H2,1-3H3. The van der Waals surface area contributed by atoms with E-state index in [0.29, 0.717) is 6.54 Å². The van der Waals surface area contributed by atoms with Gasteiger partial charge in [-0.2, -0.15) is 0 Å². The number of likely N-dealkylation sites (N-methyl/N-ethyl adjacent to an activating group) is 1. The molecule has 0 aromatic carbocycles. The first kappa shape index (κ1) is 13.7. The molecule has 0 radical (unpaired) electrons. The molecule has 0 aromatic heterocycles. The average molecular weight is 215 g/mol. The van der Waals surface area contributed by atoms with Crippen molar-refractivity contribution < 1.29 is 9.59 Å². The lowest BCUT2D eigenvalue weighted by Gasteiger charge is -2.22. The van der Waals surface area contributed by atoms with Gasteiger partial charge in [0.1, 0.15) is 0 Å². The summed E-state index contributed by atoms with van der Waals surface area (Å²) < 4.78 is 0. The van der Waals surface area contributed by atoms with Gasteiger partial charge in [0.2, 0.25) is 5.91 Å². The first-order valence-corrected chi connectivity index (χ1v) is 4.73. The molecule has 0 heterocycles. The Labute approximate surface area is 89.2 Å². The van der Waals surface area contributed by atoms with Crippen molar-refractivity contribution in [2.75, 3.05) is 33.7 Å². The molecule has 86 valence electrons. The number of carbonyl (C=O) groups excluding carboxylic acids is 2. The van der Waals surface area contributed by atoms with Crippen molar-refractivity contribution >= 4 is 11.8 Å². The first-order chi connectivity index (χ1) is 6.97. The van der Waals surface area contributed by atoms with Gasteiger partial charge in [0.05, 0.1) is 0 Å². The highest BCUT2D eigenvalue weighted by atomic mass is 16.3. The minimum Gasteiger partial charge on any atom is -0.341 e. The molecule has 0 saturated heterocycles. The van der Waals surface area contributed by atoms with E-state index in [1.54, 1.807) is 0 Å². The molecule has 0 fully saturated rings. The molecule has 6 nitrogen and oxygen atoms in total. The van der Waals surface area contributed by atoms with E-state index < -0.39 is 5.91 Å². The SMILES string of the molecule is CC(=O)N(CCC(=O)N=O)CCN(C)C. The molecule has 0 aliphatic carbocycles. The van der Waals surface area contributed by atoms with Crippen LogP contribution in [0.5, 0.6) is 0 Å². The van der Waals surface area contributed by atoms with Crippen molar-refractivity contribution in [1.82, 2.24) is 9.80 Å². The van der Waals surface area contributed by atoms with E-state index in [2.05, 4.69) is 5.18 Å². The summed E-state index contributed by atoms with van der Waals surface area (Å²) in [6.07, 6.45) is -0.00346. The number of nitrogens with zero attached hydrogens (tertiary/aromatic N) is 3. The summed E-state index contributed by atoms with van der Waals surface area (Å²) >= 11 is 0. The minimum atomic E-state index is -0.717. The van der Waals surface area contributed by atoms with Crippen LogP contribution in [0.2, 0.25) is 0 Å². The number of nitroso groups, excluding NO2 is 1. The van der Waals surface area contributed by atoms with E-state index in [4.69, 9.17) is 0 Å². The number of amides is 2. The predicted octanol–water partition coefficient (Wildman–Crippen LogP) is 0.0796. The van der Waals surface area contributed by atoms with E-state index >= 15 is 0 Å². The number of hydrogen-bond acceptors (Lipinski definition) is 4. The largest absolute Gasteiger partial charge is 0.341 e. The summed E-state index contributed by atoms with van der Waals surface area (Å²) in [4.78, 5) is 35.1. The van der Waals surface area contributed by atoms with Gasteiger partial charge in [-0.15, -0.1) is 4.91 Å². The molecule has 0 aliphatic heterocycles. The van der Waals surface area contributed by atoms with Crippen molar-refractivity contribution in [3.8, 4) is 0 Å². The Morgan fingerprint density at radius 3 is 2.13 bits per heavy atom. The molecular formula is C9H17N3O3. The van der Waals surface area contributed by atoms with Gasteiger partial charge in [-0.25, -0.2) is 0 Å². The van der Waals surface area contributed by atoms with E-state index in [9.17, 15) is 14.5 Å².